The summed E-state index contributed by atoms with van der Waals surface area (Å²) in [6.07, 6.45) is 10.9. The molecule has 0 radical (unpaired) electrons. The highest BCUT2D eigenvalue weighted by atomic mass is 16.1. The van der Waals surface area contributed by atoms with Gasteiger partial charge in [0.2, 0.25) is 0 Å². The predicted octanol–water partition coefficient (Wildman–Crippen LogP) is 8.37. The summed E-state index contributed by atoms with van der Waals surface area (Å²) in [7, 11) is 0. The minimum atomic E-state index is 0.202. The molecular formula is C34H45NO. The molecule has 1 aliphatic rings. The number of nitrogens with one attached hydrogen (secondary N) is 1. The van der Waals surface area contributed by atoms with E-state index in [0.29, 0.717) is 18.4 Å². The Labute approximate surface area is 219 Å². The summed E-state index contributed by atoms with van der Waals surface area (Å²) in [6, 6.07) is 21.5. The van der Waals surface area contributed by atoms with Crippen LogP contribution in [0.3, 0.4) is 0 Å². The lowest BCUT2D eigenvalue weighted by atomic mass is 9.86. The largest absolute Gasteiger partial charge is 0.307 e. The molecule has 2 aromatic carbocycles. The van der Waals surface area contributed by atoms with Crippen molar-refractivity contribution in [3.8, 4) is 0 Å². The molecule has 192 valence electrons. The van der Waals surface area contributed by atoms with Gasteiger partial charge in [0.05, 0.1) is 6.54 Å². The summed E-state index contributed by atoms with van der Waals surface area (Å²) in [5.41, 5.74) is 7.89. The third-order valence-electron chi connectivity index (χ3n) is 7.95. The smallest absolute Gasteiger partial charge is 0.176 e. The van der Waals surface area contributed by atoms with Crippen LogP contribution in [0.5, 0.6) is 0 Å². The summed E-state index contributed by atoms with van der Waals surface area (Å²) in [6.45, 7) is 11.5. The zero-order valence-corrected chi connectivity index (χ0v) is 23.0. The van der Waals surface area contributed by atoms with Gasteiger partial charge in [-0.05, 0) is 80.9 Å². The fraction of sp³-hybridized carbons (Fsp3) is 0.441. The normalized spacial score (nSPS) is 18.4. The third-order valence-corrected chi connectivity index (χ3v) is 7.95. The maximum Gasteiger partial charge on any atom is 0.176 e. The molecule has 0 heterocycles. The third kappa shape index (κ3) is 7.90. The van der Waals surface area contributed by atoms with Crippen LogP contribution in [0.2, 0.25) is 0 Å². The molecule has 0 fully saturated rings. The van der Waals surface area contributed by atoms with E-state index >= 15 is 0 Å². The number of hydrogen-bond donors (Lipinski definition) is 1. The van der Waals surface area contributed by atoms with Crippen LogP contribution in [-0.2, 0) is 11.2 Å². The van der Waals surface area contributed by atoms with Gasteiger partial charge < -0.3 is 5.32 Å². The summed E-state index contributed by atoms with van der Waals surface area (Å²) in [4.78, 5) is 13.3. The maximum atomic E-state index is 13.3. The topological polar surface area (TPSA) is 29.1 Å². The Bertz CT molecular complexity index is 1060. The second-order valence-corrected chi connectivity index (χ2v) is 10.5. The molecule has 2 heteroatoms. The first-order valence-electron chi connectivity index (χ1n) is 13.8. The van der Waals surface area contributed by atoms with Gasteiger partial charge in [0, 0.05) is 11.6 Å². The van der Waals surface area contributed by atoms with E-state index in [-0.39, 0.29) is 11.8 Å². The number of rotatable bonds is 11. The number of Topliss-reactive ketones (excluding diaryl/α,β-unsaturated/α-hetero) is 1. The highest BCUT2D eigenvalue weighted by Crippen LogP contribution is 2.31. The number of benzene rings is 2. The zero-order valence-electron chi connectivity index (χ0n) is 23.0. The van der Waals surface area contributed by atoms with Crippen LogP contribution >= 0.6 is 0 Å². The number of carbonyl (C=O) groups excluding carboxylic acids is 1. The molecule has 36 heavy (non-hydrogen) atoms. The van der Waals surface area contributed by atoms with Crippen molar-refractivity contribution in [3.63, 3.8) is 0 Å². The molecule has 0 aromatic heterocycles. The quantitative estimate of drug-likeness (QED) is 0.325. The first-order chi connectivity index (χ1) is 17.4. The van der Waals surface area contributed by atoms with Gasteiger partial charge in [-0.3, -0.25) is 4.79 Å². The van der Waals surface area contributed by atoms with Crippen molar-refractivity contribution in [2.75, 3.05) is 6.54 Å². The molecule has 3 rings (SSSR count). The summed E-state index contributed by atoms with van der Waals surface area (Å²) < 4.78 is 0. The predicted molar refractivity (Wildman–Crippen MR) is 154 cm³/mol. The monoisotopic (exact) mass is 483 g/mol. The van der Waals surface area contributed by atoms with Crippen molar-refractivity contribution < 1.29 is 4.79 Å². The number of ketones is 1. The molecule has 0 bridgehead atoms. The number of allylic oxidation sites excluding steroid dienone is 5. The van der Waals surface area contributed by atoms with Gasteiger partial charge in [-0.2, -0.15) is 0 Å². The van der Waals surface area contributed by atoms with Crippen LogP contribution < -0.4 is 5.32 Å². The Hall–Kier alpha value is -2.71. The highest BCUT2D eigenvalue weighted by molar-refractivity contribution is 6.00. The van der Waals surface area contributed by atoms with Crippen LogP contribution in [0.25, 0.3) is 0 Å². The van der Waals surface area contributed by atoms with Gasteiger partial charge in [-0.15, -0.1) is 0 Å². The fourth-order valence-corrected chi connectivity index (χ4v) is 5.29. The number of hydrogen-bond acceptors (Lipinski definition) is 2. The van der Waals surface area contributed by atoms with Crippen LogP contribution in [-0.4, -0.2) is 18.4 Å². The number of aryl methyl sites for hydroxylation is 1. The molecule has 3 unspecified atom stereocenters. The lowest BCUT2D eigenvalue weighted by molar-refractivity contribution is -0.114. The fourth-order valence-electron chi connectivity index (χ4n) is 5.29. The Morgan fingerprint density at radius 1 is 0.972 bits per heavy atom. The van der Waals surface area contributed by atoms with Crippen molar-refractivity contribution in [3.05, 3.63) is 106 Å². The van der Waals surface area contributed by atoms with Crippen molar-refractivity contribution in [1.29, 1.82) is 0 Å². The molecule has 2 aromatic rings. The van der Waals surface area contributed by atoms with Gasteiger partial charge in [0.25, 0.3) is 0 Å². The minimum Gasteiger partial charge on any atom is -0.307 e. The first-order valence-corrected chi connectivity index (χ1v) is 13.8. The lowest BCUT2D eigenvalue weighted by Crippen LogP contribution is -2.35. The van der Waals surface area contributed by atoms with Crippen LogP contribution in [0.4, 0.5) is 0 Å². The van der Waals surface area contributed by atoms with E-state index in [2.05, 4.69) is 107 Å². The average Bonchev–Trinajstić information content (AvgIpc) is 2.96. The Morgan fingerprint density at radius 3 is 2.31 bits per heavy atom. The summed E-state index contributed by atoms with van der Waals surface area (Å²) >= 11 is 0. The van der Waals surface area contributed by atoms with E-state index in [1.54, 1.807) is 11.1 Å². The van der Waals surface area contributed by atoms with E-state index in [9.17, 15) is 4.79 Å². The SMILES string of the molecule is CCC1=C(CCCc2ccccc2)C(C)CC=C(C(=O)CNC(C)C(C)c2ccccc2)C(C)=CC1. The van der Waals surface area contributed by atoms with Crippen molar-refractivity contribution >= 4 is 5.78 Å². The van der Waals surface area contributed by atoms with E-state index in [4.69, 9.17) is 0 Å². The molecule has 2 nitrogen and oxygen atoms in total. The molecule has 0 aliphatic heterocycles. The molecular weight excluding hydrogens is 438 g/mol. The van der Waals surface area contributed by atoms with Crippen molar-refractivity contribution in [1.82, 2.24) is 5.32 Å². The second-order valence-electron chi connectivity index (χ2n) is 10.5. The van der Waals surface area contributed by atoms with Crippen LogP contribution in [0.15, 0.2) is 95.1 Å². The Morgan fingerprint density at radius 2 is 1.64 bits per heavy atom. The molecule has 0 spiro atoms. The Kier molecular flexibility index (Phi) is 10.9. The highest BCUT2D eigenvalue weighted by Gasteiger charge is 2.20. The van der Waals surface area contributed by atoms with Crippen molar-refractivity contribution in [2.24, 2.45) is 5.92 Å². The van der Waals surface area contributed by atoms with E-state index in [0.717, 1.165) is 43.3 Å². The molecule has 1 aliphatic carbocycles. The van der Waals surface area contributed by atoms with Gasteiger partial charge in [-0.1, -0.05) is 105 Å². The van der Waals surface area contributed by atoms with E-state index < -0.39 is 0 Å². The molecule has 0 saturated heterocycles. The van der Waals surface area contributed by atoms with Gasteiger partial charge in [-0.25, -0.2) is 0 Å². The summed E-state index contributed by atoms with van der Waals surface area (Å²) in [5.74, 6) is 1.01. The average molecular weight is 484 g/mol. The summed E-state index contributed by atoms with van der Waals surface area (Å²) in [5, 5.41) is 3.51. The van der Waals surface area contributed by atoms with Gasteiger partial charge in [0.15, 0.2) is 5.78 Å². The second kappa shape index (κ2) is 14.1. The van der Waals surface area contributed by atoms with E-state index in [1.165, 1.54) is 17.5 Å². The lowest BCUT2D eigenvalue weighted by Gasteiger charge is -2.22. The molecule has 0 saturated carbocycles. The van der Waals surface area contributed by atoms with Crippen LogP contribution in [0, 0.1) is 5.92 Å². The van der Waals surface area contributed by atoms with Gasteiger partial charge in [0.1, 0.15) is 0 Å². The molecule has 1 N–H and O–H groups in total. The first kappa shape index (κ1) is 27.9. The van der Waals surface area contributed by atoms with Crippen molar-refractivity contribution in [2.45, 2.75) is 85.1 Å². The minimum absolute atomic E-state index is 0.202. The zero-order chi connectivity index (χ0) is 25.9. The number of carbonyl (C=O) groups is 1. The van der Waals surface area contributed by atoms with Crippen LogP contribution in [0.1, 0.15) is 83.8 Å². The Balaban J connectivity index is 1.64. The standard InChI is InChI=1S/C34H45NO/c1-6-30-22-20-26(3)33(34(36)24-35-28(5)27(4)31-17-11-8-12-18-31)23-21-25(2)32(30)19-13-16-29-14-9-7-10-15-29/h7-12,14-15,17-18,20,23,25,27-28,35H,6,13,16,19,21-22,24H2,1-5H3. The van der Waals surface area contributed by atoms with E-state index in [1.807, 2.05) is 6.07 Å². The molecule has 0 amide bonds. The maximum absolute atomic E-state index is 13.3. The molecule has 3 atom stereocenters. The van der Waals surface area contributed by atoms with Gasteiger partial charge >= 0.3 is 0 Å².